The van der Waals surface area contributed by atoms with E-state index in [0.717, 1.165) is 17.8 Å². The van der Waals surface area contributed by atoms with Crippen LogP contribution in [0.1, 0.15) is 37.1 Å². The lowest BCUT2D eigenvalue weighted by molar-refractivity contribution is 0.622. The molecular weight excluding hydrogens is 248 g/mol. The number of benzene rings is 1. The van der Waals surface area contributed by atoms with Gasteiger partial charge in [0.15, 0.2) is 5.82 Å². The standard InChI is InChI=1S/C13H17ClN4/c1-8(2)7-11-16-13(18-17-11)12(15)9-3-5-10(14)6-4-9/h3-6,8,12H,7,15H2,1-2H3,(H,16,17,18). The second kappa shape index (κ2) is 5.50. The van der Waals surface area contributed by atoms with E-state index in [1.807, 2.05) is 24.3 Å². The third-order valence-corrected chi connectivity index (χ3v) is 2.91. The van der Waals surface area contributed by atoms with Gasteiger partial charge in [0.1, 0.15) is 5.82 Å². The SMILES string of the molecule is CC(C)Cc1nc(C(N)c2ccc(Cl)cc2)n[nH]1. The molecule has 1 aromatic carbocycles. The number of nitrogens with one attached hydrogen (secondary N) is 1. The van der Waals surface area contributed by atoms with Crippen LogP contribution in [0.3, 0.4) is 0 Å². The number of aromatic nitrogens is 3. The molecule has 2 aromatic rings. The Morgan fingerprint density at radius 2 is 1.94 bits per heavy atom. The molecule has 1 aromatic heterocycles. The third-order valence-electron chi connectivity index (χ3n) is 2.66. The molecule has 2 rings (SSSR count). The molecule has 0 fully saturated rings. The van der Waals surface area contributed by atoms with E-state index in [-0.39, 0.29) is 6.04 Å². The predicted octanol–water partition coefficient (Wildman–Crippen LogP) is 2.70. The Kier molecular flexibility index (Phi) is 3.99. The van der Waals surface area contributed by atoms with Crippen molar-refractivity contribution >= 4 is 11.6 Å². The molecule has 0 aliphatic rings. The van der Waals surface area contributed by atoms with Gasteiger partial charge < -0.3 is 5.73 Å². The van der Waals surface area contributed by atoms with Crippen LogP contribution in [0.15, 0.2) is 24.3 Å². The van der Waals surface area contributed by atoms with Gasteiger partial charge in [-0.15, -0.1) is 0 Å². The molecule has 0 amide bonds. The van der Waals surface area contributed by atoms with E-state index in [9.17, 15) is 0 Å². The van der Waals surface area contributed by atoms with Crippen LogP contribution < -0.4 is 5.73 Å². The van der Waals surface area contributed by atoms with E-state index in [2.05, 4.69) is 29.0 Å². The fourth-order valence-corrected chi connectivity index (χ4v) is 1.87. The summed E-state index contributed by atoms with van der Waals surface area (Å²) in [5, 5.41) is 7.80. The van der Waals surface area contributed by atoms with Gasteiger partial charge in [-0.3, -0.25) is 5.10 Å². The number of rotatable bonds is 4. The fraction of sp³-hybridized carbons (Fsp3) is 0.385. The lowest BCUT2D eigenvalue weighted by Gasteiger charge is -2.07. The van der Waals surface area contributed by atoms with E-state index < -0.39 is 0 Å². The maximum Gasteiger partial charge on any atom is 0.171 e. The zero-order valence-corrected chi connectivity index (χ0v) is 11.3. The summed E-state index contributed by atoms with van der Waals surface area (Å²) in [5.41, 5.74) is 7.08. The highest BCUT2D eigenvalue weighted by molar-refractivity contribution is 6.30. The molecule has 0 spiro atoms. The number of nitrogens with zero attached hydrogens (tertiary/aromatic N) is 2. The molecule has 0 bridgehead atoms. The topological polar surface area (TPSA) is 67.6 Å². The van der Waals surface area contributed by atoms with Gasteiger partial charge in [0, 0.05) is 11.4 Å². The molecule has 1 unspecified atom stereocenters. The Morgan fingerprint density at radius 3 is 2.56 bits per heavy atom. The van der Waals surface area contributed by atoms with Crippen LogP contribution in [0, 0.1) is 5.92 Å². The van der Waals surface area contributed by atoms with Gasteiger partial charge in [-0.1, -0.05) is 37.6 Å². The van der Waals surface area contributed by atoms with Crippen molar-refractivity contribution in [2.24, 2.45) is 11.7 Å². The predicted molar refractivity (Wildman–Crippen MR) is 72.4 cm³/mol. The van der Waals surface area contributed by atoms with Crippen LogP contribution in [0.25, 0.3) is 0 Å². The van der Waals surface area contributed by atoms with Crippen LogP contribution in [-0.2, 0) is 6.42 Å². The van der Waals surface area contributed by atoms with Crippen molar-refractivity contribution < 1.29 is 0 Å². The zero-order valence-electron chi connectivity index (χ0n) is 10.5. The summed E-state index contributed by atoms with van der Waals surface area (Å²) in [4.78, 5) is 4.42. The highest BCUT2D eigenvalue weighted by Crippen LogP contribution is 2.19. The Hall–Kier alpha value is -1.39. The highest BCUT2D eigenvalue weighted by Gasteiger charge is 2.14. The van der Waals surface area contributed by atoms with Crippen molar-refractivity contribution in [2.45, 2.75) is 26.3 Å². The minimum Gasteiger partial charge on any atom is -0.318 e. The summed E-state index contributed by atoms with van der Waals surface area (Å²) in [6, 6.07) is 7.10. The average Bonchev–Trinajstić information content (AvgIpc) is 2.76. The van der Waals surface area contributed by atoms with E-state index in [1.54, 1.807) is 0 Å². The Morgan fingerprint density at radius 1 is 1.28 bits per heavy atom. The van der Waals surface area contributed by atoms with Gasteiger partial charge in [0.2, 0.25) is 0 Å². The van der Waals surface area contributed by atoms with Crippen LogP contribution in [0.4, 0.5) is 0 Å². The molecule has 96 valence electrons. The Bertz CT molecular complexity index is 504. The monoisotopic (exact) mass is 264 g/mol. The van der Waals surface area contributed by atoms with Crippen molar-refractivity contribution in [2.75, 3.05) is 0 Å². The number of nitrogens with two attached hydrogens (primary N) is 1. The molecule has 3 N–H and O–H groups in total. The van der Waals surface area contributed by atoms with Crippen molar-refractivity contribution in [1.29, 1.82) is 0 Å². The van der Waals surface area contributed by atoms with Gasteiger partial charge in [-0.2, -0.15) is 5.10 Å². The molecule has 0 aliphatic carbocycles. The minimum atomic E-state index is -0.320. The Labute approximate surface area is 112 Å². The molecule has 0 saturated carbocycles. The summed E-state index contributed by atoms with van der Waals surface area (Å²) >= 11 is 5.85. The summed E-state index contributed by atoms with van der Waals surface area (Å²) in [6.07, 6.45) is 0.875. The second-order valence-electron chi connectivity index (χ2n) is 4.77. The van der Waals surface area contributed by atoms with Crippen molar-refractivity contribution in [3.8, 4) is 0 Å². The molecule has 18 heavy (non-hydrogen) atoms. The summed E-state index contributed by atoms with van der Waals surface area (Å²) < 4.78 is 0. The number of hydrogen-bond donors (Lipinski definition) is 2. The highest BCUT2D eigenvalue weighted by atomic mass is 35.5. The quantitative estimate of drug-likeness (QED) is 0.892. The summed E-state index contributed by atoms with van der Waals surface area (Å²) in [5.74, 6) is 2.04. The third kappa shape index (κ3) is 3.09. The molecule has 1 atom stereocenters. The van der Waals surface area contributed by atoms with Crippen LogP contribution in [0.2, 0.25) is 5.02 Å². The van der Waals surface area contributed by atoms with Gasteiger partial charge in [-0.25, -0.2) is 4.98 Å². The molecular formula is C13H17ClN4. The van der Waals surface area contributed by atoms with Gasteiger partial charge >= 0.3 is 0 Å². The minimum absolute atomic E-state index is 0.320. The molecule has 0 radical (unpaired) electrons. The van der Waals surface area contributed by atoms with Crippen molar-refractivity contribution in [3.05, 3.63) is 46.5 Å². The largest absolute Gasteiger partial charge is 0.318 e. The number of aromatic amines is 1. The normalized spacial score (nSPS) is 12.9. The van der Waals surface area contributed by atoms with Crippen LogP contribution in [0.5, 0.6) is 0 Å². The molecule has 4 nitrogen and oxygen atoms in total. The maximum atomic E-state index is 6.12. The second-order valence-corrected chi connectivity index (χ2v) is 5.20. The number of hydrogen-bond acceptors (Lipinski definition) is 3. The lowest BCUT2D eigenvalue weighted by Crippen LogP contribution is -2.13. The lowest BCUT2D eigenvalue weighted by atomic mass is 10.1. The first-order valence-electron chi connectivity index (χ1n) is 5.98. The number of halogens is 1. The van der Waals surface area contributed by atoms with E-state index in [4.69, 9.17) is 17.3 Å². The molecule has 0 saturated heterocycles. The molecule has 0 aliphatic heterocycles. The van der Waals surface area contributed by atoms with Gasteiger partial charge in [-0.05, 0) is 23.6 Å². The summed E-state index contributed by atoms with van der Waals surface area (Å²) in [7, 11) is 0. The first-order chi connectivity index (χ1) is 8.56. The maximum absolute atomic E-state index is 6.12. The van der Waals surface area contributed by atoms with Crippen LogP contribution >= 0.6 is 11.6 Å². The van der Waals surface area contributed by atoms with Crippen molar-refractivity contribution in [1.82, 2.24) is 15.2 Å². The molecule has 5 heteroatoms. The van der Waals surface area contributed by atoms with E-state index in [0.29, 0.717) is 16.8 Å². The first-order valence-corrected chi connectivity index (χ1v) is 6.36. The average molecular weight is 265 g/mol. The van der Waals surface area contributed by atoms with E-state index in [1.165, 1.54) is 0 Å². The van der Waals surface area contributed by atoms with Crippen molar-refractivity contribution in [3.63, 3.8) is 0 Å². The van der Waals surface area contributed by atoms with Crippen LogP contribution in [-0.4, -0.2) is 15.2 Å². The fourth-order valence-electron chi connectivity index (χ4n) is 1.75. The molecule has 1 heterocycles. The van der Waals surface area contributed by atoms with E-state index >= 15 is 0 Å². The summed E-state index contributed by atoms with van der Waals surface area (Å²) in [6.45, 7) is 4.28. The zero-order chi connectivity index (χ0) is 13.1. The van der Waals surface area contributed by atoms with Gasteiger partial charge in [0.05, 0.1) is 6.04 Å². The Balaban J connectivity index is 2.15. The van der Waals surface area contributed by atoms with Gasteiger partial charge in [0.25, 0.3) is 0 Å². The first kappa shape index (κ1) is 13.1. The smallest absolute Gasteiger partial charge is 0.171 e. The number of H-pyrrole nitrogens is 1.